The van der Waals surface area contributed by atoms with Crippen molar-refractivity contribution in [2.45, 2.75) is 26.7 Å². The molecule has 2 heterocycles. The summed E-state index contributed by atoms with van der Waals surface area (Å²) in [6.45, 7) is 3.58. The summed E-state index contributed by atoms with van der Waals surface area (Å²) in [5, 5.41) is 0.608. The maximum Gasteiger partial charge on any atom is 0.339 e. The molecule has 3 atom stereocenters. The number of aromatic nitrogens is 1. The Bertz CT molecular complexity index is 1850. The Morgan fingerprint density at radius 1 is 0.955 bits per heavy atom. The van der Waals surface area contributed by atoms with Crippen LogP contribution in [0.15, 0.2) is 87.8 Å². The van der Waals surface area contributed by atoms with Gasteiger partial charge < -0.3 is 4.74 Å². The summed E-state index contributed by atoms with van der Waals surface area (Å²) in [5.74, 6) is -1.97. The second-order valence-electron chi connectivity index (χ2n) is 11.1. The minimum absolute atomic E-state index is 0.00686. The molecule has 1 aromatic heterocycles. The number of rotatable bonds is 7. The van der Waals surface area contributed by atoms with E-state index in [1.807, 2.05) is 38.1 Å². The van der Waals surface area contributed by atoms with Gasteiger partial charge in [0.2, 0.25) is 11.8 Å². The summed E-state index contributed by atoms with van der Waals surface area (Å²) in [5.41, 5.74) is 4.05. The summed E-state index contributed by atoms with van der Waals surface area (Å²) >= 11 is 6.90. The topological polar surface area (TPSA) is 93.6 Å². The molecule has 0 saturated carbocycles. The van der Waals surface area contributed by atoms with Crippen LogP contribution >= 0.6 is 31.9 Å². The first kappa shape index (κ1) is 30.1. The summed E-state index contributed by atoms with van der Waals surface area (Å²) in [7, 11) is 0. The molecule has 2 amide bonds. The van der Waals surface area contributed by atoms with Crippen LogP contribution in [0.4, 0.5) is 5.69 Å². The van der Waals surface area contributed by atoms with Crippen LogP contribution in [0.1, 0.15) is 46.5 Å². The molecule has 1 saturated heterocycles. The molecule has 3 unspecified atom stereocenters. The first-order chi connectivity index (χ1) is 21.2. The number of hydrogen-bond donors (Lipinski definition) is 0. The highest BCUT2D eigenvalue weighted by molar-refractivity contribution is 9.10. The number of ketones is 1. The molecule has 2 aliphatic rings. The van der Waals surface area contributed by atoms with Crippen LogP contribution in [0.3, 0.4) is 0 Å². The number of carbonyl (C=O) groups excluding carboxylic acids is 4. The number of anilines is 1. The fourth-order valence-electron chi connectivity index (χ4n) is 6.06. The Labute approximate surface area is 271 Å². The molecule has 0 radical (unpaired) electrons. The number of amides is 2. The molecule has 0 spiro atoms. The third-order valence-electron chi connectivity index (χ3n) is 8.35. The van der Waals surface area contributed by atoms with Crippen LogP contribution in [0, 0.1) is 17.8 Å². The lowest BCUT2D eigenvalue weighted by Crippen LogP contribution is -2.31. The lowest BCUT2D eigenvalue weighted by Gasteiger charge is -2.22. The molecule has 1 aliphatic carbocycles. The van der Waals surface area contributed by atoms with E-state index in [9.17, 15) is 19.2 Å². The second kappa shape index (κ2) is 12.2. The smallest absolute Gasteiger partial charge is 0.339 e. The van der Waals surface area contributed by atoms with Crippen molar-refractivity contribution in [3.63, 3.8) is 0 Å². The van der Waals surface area contributed by atoms with Gasteiger partial charge in [0, 0.05) is 25.5 Å². The third-order valence-corrected chi connectivity index (χ3v) is 9.34. The number of halogens is 2. The molecule has 3 aromatic carbocycles. The van der Waals surface area contributed by atoms with Crippen LogP contribution in [0.25, 0.3) is 22.2 Å². The average molecular weight is 716 g/mol. The van der Waals surface area contributed by atoms with Crippen molar-refractivity contribution >= 4 is 72.0 Å². The summed E-state index contributed by atoms with van der Waals surface area (Å²) in [6.07, 6.45) is 5.24. The van der Waals surface area contributed by atoms with Gasteiger partial charge in [-0.1, -0.05) is 82.1 Å². The lowest BCUT2D eigenvalue weighted by atomic mass is 9.78. The number of esters is 1. The molecule has 222 valence electrons. The number of nitrogens with zero attached hydrogens (tertiary/aromatic N) is 2. The maximum absolute atomic E-state index is 13.5. The molecule has 9 heteroatoms. The van der Waals surface area contributed by atoms with Crippen LogP contribution in [0.2, 0.25) is 0 Å². The molecule has 0 bridgehead atoms. The fourth-order valence-corrected chi connectivity index (χ4v) is 6.83. The quantitative estimate of drug-likeness (QED) is 0.0842. The van der Waals surface area contributed by atoms with E-state index >= 15 is 0 Å². The van der Waals surface area contributed by atoms with Crippen molar-refractivity contribution < 1.29 is 23.9 Å². The number of benzene rings is 3. The van der Waals surface area contributed by atoms with E-state index < -0.39 is 12.6 Å². The molecule has 4 aromatic rings. The number of carbonyl (C=O) groups is 4. The van der Waals surface area contributed by atoms with Crippen LogP contribution in [-0.2, 0) is 20.7 Å². The monoisotopic (exact) mass is 714 g/mol. The number of fused-ring (bicyclic) bond motifs is 2. The average Bonchev–Trinajstić information content (AvgIpc) is 3.29. The van der Waals surface area contributed by atoms with Crippen molar-refractivity contribution in [2.24, 2.45) is 17.8 Å². The first-order valence-corrected chi connectivity index (χ1v) is 16.0. The SMILES string of the molecule is CCc1cc(Br)cc2c(C(=O)OCC(=O)c3ccc(Br)cc3)cc(-c3ccc(N4C(=O)C5CC=CC(C)C5C4=O)cc3)nc12. The van der Waals surface area contributed by atoms with Crippen molar-refractivity contribution in [3.8, 4) is 11.3 Å². The van der Waals surface area contributed by atoms with Gasteiger partial charge in [0.25, 0.3) is 0 Å². The minimum atomic E-state index is -0.639. The van der Waals surface area contributed by atoms with Gasteiger partial charge in [-0.3, -0.25) is 19.3 Å². The molecule has 6 rings (SSSR count). The van der Waals surface area contributed by atoms with E-state index in [1.54, 1.807) is 54.6 Å². The molecule has 0 N–H and O–H groups in total. The zero-order chi connectivity index (χ0) is 31.1. The highest BCUT2D eigenvalue weighted by atomic mass is 79.9. The van der Waals surface area contributed by atoms with E-state index in [0.717, 1.165) is 14.5 Å². The number of allylic oxidation sites excluding steroid dienone is 2. The van der Waals surface area contributed by atoms with E-state index in [2.05, 4.69) is 31.9 Å². The lowest BCUT2D eigenvalue weighted by molar-refractivity contribution is -0.122. The summed E-state index contributed by atoms with van der Waals surface area (Å²) in [6, 6.07) is 19.4. The van der Waals surface area contributed by atoms with Gasteiger partial charge in [0.15, 0.2) is 12.4 Å². The minimum Gasteiger partial charge on any atom is -0.454 e. The predicted molar refractivity (Wildman–Crippen MR) is 175 cm³/mol. The number of aryl methyl sites for hydroxylation is 1. The zero-order valence-corrected chi connectivity index (χ0v) is 27.2. The third kappa shape index (κ3) is 5.55. The van der Waals surface area contributed by atoms with Crippen molar-refractivity contribution in [1.82, 2.24) is 4.98 Å². The van der Waals surface area contributed by atoms with Gasteiger partial charge in [0.1, 0.15) is 0 Å². The van der Waals surface area contributed by atoms with Crippen LogP contribution in [0.5, 0.6) is 0 Å². The normalized spacial score (nSPS) is 19.4. The van der Waals surface area contributed by atoms with E-state index in [4.69, 9.17) is 9.72 Å². The Morgan fingerprint density at radius 3 is 2.36 bits per heavy atom. The van der Waals surface area contributed by atoms with Crippen molar-refractivity contribution in [3.05, 3.63) is 105 Å². The van der Waals surface area contributed by atoms with Crippen LogP contribution in [-0.4, -0.2) is 35.2 Å². The zero-order valence-electron chi connectivity index (χ0n) is 24.1. The highest BCUT2D eigenvalue weighted by Crippen LogP contribution is 2.41. The number of imide groups is 1. The predicted octanol–water partition coefficient (Wildman–Crippen LogP) is 7.73. The van der Waals surface area contributed by atoms with Gasteiger partial charge in [-0.15, -0.1) is 0 Å². The van der Waals surface area contributed by atoms with Gasteiger partial charge in [-0.25, -0.2) is 9.78 Å². The van der Waals surface area contributed by atoms with Crippen LogP contribution < -0.4 is 4.90 Å². The largest absolute Gasteiger partial charge is 0.454 e. The highest BCUT2D eigenvalue weighted by Gasteiger charge is 2.50. The van der Waals surface area contributed by atoms with Gasteiger partial charge in [0.05, 0.1) is 34.3 Å². The van der Waals surface area contributed by atoms with Crippen molar-refractivity contribution in [1.29, 1.82) is 0 Å². The van der Waals surface area contributed by atoms with Gasteiger partial charge in [-0.2, -0.15) is 0 Å². The first-order valence-electron chi connectivity index (χ1n) is 14.4. The second-order valence-corrected chi connectivity index (χ2v) is 12.9. The molecule has 44 heavy (non-hydrogen) atoms. The van der Waals surface area contributed by atoms with Gasteiger partial charge >= 0.3 is 5.97 Å². The number of ether oxygens (including phenoxy) is 1. The summed E-state index contributed by atoms with van der Waals surface area (Å²) < 4.78 is 7.16. The molecular formula is C35H28Br2N2O5. The fraction of sp³-hybridized carbons (Fsp3) is 0.229. The number of pyridine rings is 1. The van der Waals surface area contributed by atoms with Crippen molar-refractivity contribution in [2.75, 3.05) is 11.5 Å². The maximum atomic E-state index is 13.5. The van der Waals surface area contributed by atoms with Gasteiger partial charge in [-0.05, 0) is 66.8 Å². The Balaban J connectivity index is 1.33. The molecule has 7 nitrogen and oxygen atoms in total. The Morgan fingerprint density at radius 2 is 1.68 bits per heavy atom. The summed E-state index contributed by atoms with van der Waals surface area (Å²) in [4.78, 5) is 58.9. The Kier molecular flexibility index (Phi) is 8.35. The molecule has 1 aliphatic heterocycles. The molecule has 1 fully saturated rings. The molecular weight excluding hydrogens is 688 g/mol. The number of Topliss-reactive ketones (excluding diaryl/α,β-unsaturated/α-hetero) is 1. The Hall–Kier alpha value is -3.95. The number of hydrogen-bond acceptors (Lipinski definition) is 6. The van der Waals surface area contributed by atoms with E-state index in [-0.39, 0.29) is 40.9 Å². The van der Waals surface area contributed by atoms with E-state index in [1.165, 1.54) is 4.90 Å². The van der Waals surface area contributed by atoms with E-state index in [0.29, 0.717) is 46.3 Å². The standard InChI is InChI=1S/C35H28Br2N2O5/c1-3-20-15-24(37)16-27-28(35(43)44-18-30(40)22-7-11-23(36)12-8-22)17-29(38-32(20)27)21-9-13-25(14-10-21)39-33(41)26-6-4-5-19(2)31(26)34(39)42/h4-5,7-17,19,26,31H,3,6,18H2,1-2H3.